The van der Waals surface area contributed by atoms with Gasteiger partial charge in [0, 0.05) is 44.0 Å². The van der Waals surface area contributed by atoms with Crippen LogP contribution < -0.4 is 10.6 Å². The van der Waals surface area contributed by atoms with Gasteiger partial charge in [-0.3, -0.25) is 15.0 Å². The van der Waals surface area contributed by atoms with E-state index < -0.39 is 4.92 Å². The molecule has 2 unspecified atom stereocenters. The van der Waals surface area contributed by atoms with Crippen LogP contribution in [0.25, 0.3) is 0 Å². The molecular weight excluding hydrogens is 312 g/mol. The summed E-state index contributed by atoms with van der Waals surface area (Å²) in [7, 11) is 0. The number of hydrogen-bond donors (Lipinski definition) is 2. The summed E-state index contributed by atoms with van der Waals surface area (Å²) in [6.45, 7) is 7.38. The number of nitrogens with one attached hydrogen (secondary N) is 2. The van der Waals surface area contributed by atoms with Gasteiger partial charge in [-0.15, -0.1) is 0 Å². The van der Waals surface area contributed by atoms with Crippen molar-refractivity contribution < 1.29 is 14.5 Å². The number of nitrogens with zero attached hydrogens (tertiary/aromatic N) is 2. The van der Waals surface area contributed by atoms with Crippen LogP contribution in [0.15, 0.2) is 24.3 Å². The van der Waals surface area contributed by atoms with Gasteiger partial charge in [-0.2, -0.15) is 0 Å². The first-order valence-electron chi connectivity index (χ1n) is 8.11. The van der Waals surface area contributed by atoms with Crippen molar-refractivity contribution in [2.45, 2.75) is 32.5 Å². The van der Waals surface area contributed by atoms with Crippen LogP contribution in [0.5, 0.6) is 0 Å². The SMILES string of the molecule is CC1CN(CCCNC(=O)Nc2cccc([N+](=O)[O-])c2)CC(C)O1. The summed E-state index contributed by atoms with van der Waals surface area (Å²) in [5.74, 6) is 0. The molecule has 0 aromatic heterocycles. The summed E-state index contributed by atoms with van der Waals surface area (Å²) in [5.41, 5.74) is 0.348. The van der Waals surface area contributed by atoms with E-state index in [1.165, 1.54) is 18.2 Å². The lowest BCUT2D eigenvalue weighted by Gasteiger charge is -2.35. The molecule has 1 saturated heterocycles. The maximum atomic E-state index is 11.8. The lowest BCUT2D eigenvalue weighted by molar-refractivity contribution is -0.384. The number of benzene rings is 1. The van der Waals surface area contributed by atoms with Crippen molar-refractivity contribution in [3.63, 3.8) is 0 Å². The first-order valence-corrected chi connectivity index (χ1v) is 8.11. The van der Waals surface area contributed by atoms with E-state index in [4.69, 9.17) is 4.74 Å². The fourth-order valence-corrected chi connectivity index (χ4v) is 2.84. The molecule has 1 aromatic carbocycles. The molecule has 1 fully saturated rings. The molecule has 2 amide bonds. The lowest BCUT2D eigenvalue weighted by atomic mass is 10.2. The van der Waals surface area contributed by atoms with Gasteiger partial charge in [0.1, 0.15) is 0 Å². The van der Waals surface area contributed by atoms with Gasteiger partial charge in [0.05, 0.1) is 17.1 Å². The zero-order chi connectivity index (χ0) is 17.5. The summed E-state index contributed by atoms with van der Waals surface area (Å²) in [5, 5.41) is 16.1. The lowest BCUT2D eigenvalue weighted by Crippen LogP contribution is -2.46. The standard InChI is InChI=1S/C16H24N4O4/c1-12-10-19(11-13(2)24-12)8-4-7-17-16(21)18-14-5-3-6-15(9-14)20(22)23/h3,5-6,9,12-13H,4,7-8,10-11H2,1-2H3,(H2,17,18,21). The minimum absolute atomic E-state index is 0.0524. The van der Waals surface area contributed by atoms with Crippen LogP contribution in [-0.4, -0.2) is 54.2 Å². The van der Waals surface area contributed by atoms with Crippen molar-refractivity contribution in [2.75, 3.05) is 31.5 Å². The van der Waals surface area contributed by atoms with Gasteiger partial charge in [-0.05, 0) is 26.3 Å². The minimum Gasteiger partial charge on any atom is -0.373 e. The van der Waals surface area contributed by atoms with Gasteiger partial charge in [0.2, 0.25) is 0 Å². The van der Waals surface area contributed by atoms with Crippen molar-refractivity contribution in [1.82, 2.24) is 10.2 Å². The summed E-state index contributed by atoms with van der Waals surface area (Å²) in [4.78, 5) is 24.4. The Morgan fingerprint density at radius 3 is 2.75 bits per heavy atom. The first-order chi connectivity index (χ1) is 11.4. The second-order valence-electron chi connectivity index (χ2n) is 6.06. The number of hydrogen-bond acceptors (Lipinski definition) is 5. The fourth-order valence-electron chi connectivity index (χ4n) is 2.84. The number of ether oxygens (including phenoxy) is 1. The molecule has 0 spiro atoms. The number of morpholine rings is 1. The van der Waals surface area contributed by atoms with E-state index in [2.05, 4.69) is 29.4 Å². The van der Waals surface area contributed by atoms with Crippen LogP contribution in [0.4, 0.5) is 16.2 Å². The van der Waals surface area contributed by atoms with E-state index in [9.17, 15) is 14.9 Å². The van der Waals surface area contributed by atoms with Crippen LogP contribution in [0.1, 0.15) is 20.3 Å². The number of amides is 2. The predicted octanol–water partition coefficient (Wildman–Crippen LogP) is 2.22. The molecule has 0 radical (unpaired) electrons. The Kier molecular flexibility index (Phi) is 6.51. The van der Waals surface area contributed by atoms with Crippen molar-refractivity contribution in [3.8, 4) is 0 Å². The number of anilines is 1. The zero-order valence-corrected chi connectivity index (χ0v) is 14.0. The Hall–Kier alpha value is -2.19. The topological polar surface area (TPSA) is 96.7 Å². The zero-order valence-electron chi connectivity index (χ0n) is 14.0. The molecular formula is C16H24N4O4. The Labute approximate surface area is 141 Å². The molecule has 0 aliphatic carbocycles. The second kappa shape index (κ2) is 8.60. The Morgan fingerprint density at radius 2 is 2.08 bits per heavy atom. The summed E-state index contributed by atoms with van der Waals surface area (Å²) >= 11 is 0. The molecule has 2 N–H and O–H groups in total. The molecule has 2 rings (SSSR count). The summed E-state index contributed by atoms with van der Waals surface area (Å²) < 4.78 is 5.68. The minimum atomic E-state index is -0.493. The highest BCUT2D eigenvalue weighted by Gasteiger charge is 2.21. The van der Waals surface area contributed by atoms with Gasteiger partial charge in [0.25, 0.3) is 5.69 Å². The number of urea groups is 1. The van der Waals surface area contributed by atoms with Gasteiger partial charge in [-0.1, -0.05) is 6.07 Å². The maximum Gasteiger partial charge on any atom is 0.319 e. The normalized spacial score (nSPS) is 21.2. The first kappa shape index (κ1) is 18.2. The van der Waals surface area contributed by atoms with E-state index in [1.54, 1.807) is 6.07 Å². The summed E-state index contributed by atoms with van der Waals surface area (Å²) in [6.07, 6.45) is 1.31. The van der Waals surface area contributed by atoms with E-state index in [0.29, 0.717) is 12.2 Å². The molecule has 8 nitrogen and oxygen atoms in total. The van der Waals surface area contributed by atoms with E-state index >= 15 is 0 Å². The number of nitro benzene ring substituents is 1. The molecule has 0 saturated carbocycles. The third-order valence-electron chi connectivity index (χ3n) is 3.75. The van der Waals surface area contributed by atoms with E-state index in [0.717, 1.165) is 26.1 Å². The molecule has 1 aliphatic rings. The number of carbonyl (C=O) groups excluding carboxylic acids is 1. The Bertz CT molecular complexity index is 571. The molecule has 1 aromatic rings. The maximum absolute atomic E-state index is 11.8. The second-order valence-corrected chi connectivity index (χ2v) is 6.06. The monoisotopic (exact) mass is 336 g/mol. The Morgan fingerprint density at radius 1 is 1.38 bits per heavy atom. The number of non-ortho nitro benzene ring substituents is 1. The van der Waals surface area contributed by atoms with Crippen LogP contribution in [0.3, 0.4) is 0 Å². The van der Waals surface area contributed by atoms with E-state index in [1.807, 2.05) is 0 Å². The van der Waals surface area contributed by atoms with Crippen molar-refractivity contribution in [1.29, 1.82) is 0 Å². The molecule has 2 atom stereocenters. The van der Waals surface area contributed by atoms with Gasteiger partial charge in [-0.25, -0.2) is 4.79 Å². The van der Waals surface area contributed by atoms with Gasteiger partial charge >= 0.3 is 6.03 Å². The van der Waals surface area contributed by atoms with Crippen LogP contribution in [-0.2, 0) is 4.74 Å². The van der Waals surface area contributed by atoms with Crippen LogP contribution in [0, 0.1) is 10.1 Å². The van der Waals surface area contributed by atoms with Crippen LogP contribution in [0.2, 0.25) is 0 Å². The van der Waals surface area contributed by atoms with Gasteiger partial charge in [0.15, 0.2) is 0 Å². The number of carbonyl (C=O) groups is 1. The summed E-state index contributed by atoms with van der Waals surface area (Å²) in [6, 6.07) is 5.50. The Balaban J connectivity index is 1.68. The van der Waals surface area contributed by atoms with Crippen molar-refractivity contribution >= 4 is 17.4 Å². The highest BCUT2D eigenvalue weighted by Crippen LogP contribution is 2.16. The largest absolute Gasteiger partial charge is 0.373 e. The average molecular weight is 336 g/mol. The molecule has 1 aliphatic heterocycles. The third kappa shape index (κ3) is 5.78. The van der Waals surface area contributed by atoms with Gasteiger partial charge < -0.3 is 15.4 Å². The highest BCUT2D eigenvalue weighted by atomic mass is 16.6. The highest BCUT2D eigenvalue weighted by molar-refractivity contribution is 5.89. The van der Waals surface area contributed by atoms with E-state index in [-0.39, 0.29) is 23.9 Å². The van der Waals surface area contributed by atoms with Crippen molar-refractivity contribution in [2.24, 2.45) is 0 Å². The molecule has 8 heteroatoms. The molecule has 24 heavy (non-hydrogen) atoms. The quantitative estimate of drug-likeness (QED) is 0.472. The fraction of sp³-hybridized carbons (Fsp3) is 0.562. The smallest absolute Gasteiger partial charge is 0.319 e. The van der Waals surface area contributed by atoms with Crippen LogP contribution >= 0.6 is 0 Å². The number of nitro groups is 1. The number of rotatable bonds is 6. The third-order valence-corrected chi connectivity index (χ3v) is 3.75. The predicted molar refractivity (Wildman–Crippen MR) is 91.2 cm³/mol. The molecule has 0 bridgehead atoms. The average Bonchev–Trinajstić information content (AvgIpc) is 2.51. The molecule has 132 valence electrons. The van der Waals surface area contributed by atoms with Crippen molar-refractivity contribution in [3.05, 3.63) is 34.4 Å². The molecule has 1 heterocycles.